The molecule has 2 heterocycles. The van der Waals surface area contributed by atoms with E-state index in [9.17, 15) is 9.59 Å². The molecule has 5 nitrogen and oxygen atoms in total. The van der Waals surface area contributed by atoms with E-state index in [-0.39, 0.29) is 18.4 Å². The summed E-state index contributed by atoms with van der Waals surface area (Å²) < 4.78 is 5.33. The molecule has 0 saturated heterocycles. The molecule has 1 unspecified atom stereocenters. The zero-order valence-corrected chi connectivity index (χ0v) is 17.7. The molecule has 3 aromatic rings. The van der Waals surface area contributed by atoms with Crippen molar-refractivity contribution in [1.82, 2.24) is 9.88 Å². The van der Waals surface area contributed by atoms with Crippen molar-refractivity contribution in [2.45, 2.75) is 26.2 Å². The highest BCUT2D eigenvalue weighted by Crippen LogP contribution is 2.38. The van der Waals surface area contributed by atoms with E-state index in [1.54, 1.807) is 42.3 Å². The Hall–Kier alpha value is -3.05. The minimum atomic E-state index is -0.448. The number of halogens is 1. The number of nitrogens with zero attached hydrogens (tertiary/aromatic N) is 1. The van der Waals surface area contributed by atoms with Gasteiger partial charge in [-0.25, -0.2) is 4.79 Å². The van der Waals surface area contributed by atoms with Gasteiger partial charge in [0.15, 0.2) is 0 Å². The van der Waals surface area contributed by atoms with Gasteiger partial charge in [0.1, 0.15) is 0 Å². The monoisotopic (exact) mass is 422 g/mol. The molecule has 1 aromatic heterocycles. The van der Waals surface area contributed by atoms with E-state index in [1.165, 1.54) is 0 Å². The van der Waals surface area contributed by atoms with Gasteiger partial charge in [0, 0.05) is 40.2 Å². The molecule has 1 aliphatic heterocycles. The van der Waals surface area contributed by atoms with Crippen molar-refractivity contribution in [1.29, 1.82) is 0 Å². The number of para-hydroxylation sites is 1. The van der Waals surface area contributed by atoms with Crippen LogP contribution in [0.15, 0.2) is 54.7 Å². The highest BCUT2D eigenvalue weighted by molar-refractivity contribution is 6.30. The van der Waals surface area contributed by atoms with Gasteiger partial charge in [-0.15, -0.1) is 0 Å². The molecule has 0 radical (unpaired) electrons. The smallest absolute Gasteiger partial charge is 0.341 e. The maximum Gasteiger partial charge on any atom is 0.341 e. The number of H-pyrrole nitrogens is 1. The van der Waals surface area contributed by atoms with E-state index in [4.69, 9.17) is 16.3 Å². The minimum Gasteiger partial charge on any atom is -0.462 e. The lowest BCUT2D eigenvalue weighted by molar-refractivity contribution is -0.136. The van der Waals surface area contributed by atoms with Gasteiger partial charge in [-0.05, 0) is 49.2 Å². The fourth-order valence-corrected chi connectivity index (χ4v) is 4.12. The largest absolute Gasteiger partial charge is 0.462 e. The maximum atomic E-state index is 13.3. The fourth-order valence-electron chi connectivity index (χ4n) is 4.00. The lowest BCUT2D eigenvalue weighted by Gasteiger charge is -2.23. The number of aromatic amines is 1. The molecule has 0 aliphatic carbocycles. The lowest BCUT2D eigenvalue weighted by Crippen LogP contribution is -2.29. The Morgan fingerprint density at radius 3 is 2.57 bits per heavy atom. The Bertz CT molecular complexity index is 1130. The molecule has 2 aromatic carbocycles. The zero-order valence-electron chi connectivity index (χ0n) is 16.9. The molecule has 0 bridgehead atoms. The average molecular weight is 423 g/mol. The topological polar surface area (TPSA) is 62.4 Å². The van der Waals surface area contributed by atoms with Gasteiger partial charge in [0.25, 0.3) is 5.91 Å². The molecule has 4 rings (SSSR count). The second-order valence-electron chi connectivity index (χ2n) is 7.29. The minimum absolute atomic E-state index is 0.0653. The first-order chi connectivity index (χ1) is 14.5. The van der Waals surface area contributed by atoms with E-state index in [1.807, 2.05) is 24.3 Å². The number of aromatic nitrogens is 1. The molecular formula is C24H23ClN2O3. The highest BCUT2D eigenvalue weighted by atomic mass is 35.5. The average Bonchev–Trinajstić information content (AvgIpc) is 3.05. The molecule has 154 valence electrons. The second kappa shape index (κ2) is 8.36. The van der Waals surface area contributed by atoms with Crippen molar-refractivity contribution in [2.24, 2.45) is 0 Å². The Balaban J connectivity index is 1.86. The fraction of sp³-hybridized carbons (Fsp3) is 0.250. The van der Waals surface area contributed by atoms with Crippen LogP contribution in [0.2, 0.25) is 5.02 Å². The molecule has 30 heavy (non-hydrogen) atoms. The van der Waals surface area contributed by atoms with Crippen LogP contribution < -0.4 is 0 Å². The summed E-state index contributed by atoms with van der Waals surface area (Å²) in [4.78, 5) is 31.1. The molecule has 1 amide bonds. The number of amides is 1. The van der Waals surface area contributed by atoms with Crippen molar-refractivity contribution in [3.05, 3.63) is 76.6 Å². The second-order valence-corrected chi connectivity index (χ2v) is 7.73. The summed E-state index contributed by atoms with van der Waals surface area (Å²) in [6.45, 7) is 4.59. The first-order valence-corrected chi connectivity index (χ1v) is 10.5. The number of rotatable bonds is 4. The molecule has 0 saturated carbocycles. The number of ether oxygens (including phenoxy) is 1. The Labute approximate surface area is 180 Å². The number of fused-ring (bicyclic) bond motifs is 3. The highest BCUT2D eigenvalue weighted by Gasteiger charge is 2.32. The van der Waals surface area contributed by atoms with Crippen molar-refractivity contribution in [2.75, 3.05) is 13.2 Å². The van der Waals surface area contributed by atoms with Gasteiger partial charge in [-0.1, -0.05) is 36.7 Å². The van der Waals surface area contributed by atoms with Gasteiger partial charge >= 0.3 is 5.97 Å². The van der Waals surface area contributed by atoms with Crippen molar-refractivity contribution < 1.29 is 14.3 Å². The third kappa shape index (κ3) is 3.61. The standard InChI is InChI=1S/C24H23ClN2O3/c1-3-15-13-27(23(28)16-9-11-17(25)12-10-16)14-19(24(29)30-4-2)22-21(15)18-7-5-6-8-20(18)26-22/h5-12,14-15,26H,3-4,13H2,1-2H3. The van der Waals surface area contributed by atoms with Crippen LogP contribution in [0.3, 0.4) is 0 Å². The number of nitrogens with one attached hydrogen (secondary N) is 1. The van der Waals surface area contributed by atoms with Crippen LogP contribution in [0, 0.1) is 0 Å². The van der Waals surface area contributed by atoms with Crippen LogP contribution in [0.25, 0.3) is 16.5 Å². The number of benzene rings is 2. The van der Waals surface area contributed by atoms with E-state index < -0.39 is 5.97 Å². The van der Waals surface area contributed by atoms with Crippen LogP contribution >= 0.6 is 11.6 Å². The molecule has 0 spiro atoms. The van der Waals surface area contributed by atoms with Gasteiger partial charge in [-0.3, -0.25) is 4.79 Å². The van der Waals surface area contributed by atoms with Crippen molar-refractivity contribution >= 4 is 40.0 Å². The maximum absolute atomic E-state index is 13.3. The summed E-state index contributed by atoms with van der Waals surface area (Å²) in [7, 11) is 0. The molecular weight excluding hydrogens is 400 g/mol. The van der Waals surface area contributed by atoms with Gasteiger partial charge in [0.2, 0.25) is 0 Å². The van der Waals surface area contributed by atoms with Gasteiger partial charge in [0.05, 0.1) is 17.9 Å². The summed E-state index contributed by atoms with van der Waals surface area (Å²) in [5.74, 6) is -0.562. The molecule has 1 atom stereocenters. The summed E-state index contributed by atoms with van der Waals surface area (Å²) in [6, 6.07) is 14.8. The number of carbonyl (C=O) groups is 2. The van der Waals surface area contributed by atoms with E-state index in [0.29, 0.717) is 22.7 Å². The summed E-state index contributed by atoms with van der Waals surface area (Å²) >= 11 is 5.97. The predicted molar refractivity (Wildman–Crippen MR) is 118 cm³/mol. The SMILES string of the molecule is CCOC(=O)C1=CN(C(=O)c2ccc(Cl)cc2)CC(CC)c2c1[nH]c1ccccc21. The van der Waals surface area contributed by atoms with Gasteiger partial charge in [-0.2, -0.15) is 0 Å². The third-order valence-electron chi connectivity index (χ3n) is 5.47. The van der Waals surface area contributed by atoms with Crippen LogP contribution in [0.1, 0.15) is 47.8 Å². The summed E-state index contributed by atoms with van der Waals surface area (Å²) in [5, 5.41) is 1.63. The lowest BCUT2D eigenvalue weighted by atomic mass is 9.92. The number of esters is 1. The van der Waals surface area contributed by atoms with E-state index in [0.717, 1.165) is 28.6 Å². The van der Waals surface area contributed by atoms with Crippen molar-refractivity contribution in [3.63, 3.8) is 0 Å². The zero-order chi connectivity index (χ0) is 21.3. The molecule has 1 N–H and O–H groups in total. The number of hydrogen-bond acceptors (Lipinski definition) is 3. The predicted octanol–water partition coefficient (Wildman–Crippen LogP) is 5.37. The van der Waals surface area contributed by atoms with Crippen LogP contribution in [-0.2, 0) is 9.53 Å². The third-order valence-corrected chi connectivity index (χ3v) is 5.72. The quantitative estimate of drug-likeness (QED) is 0.574. The summed E-state index contributed by atoms with van der Waals surface area (Å²) in [5.41, 5.74) is 3.63. The summed E-state index contributed by atoms with van der Waals surface area (Å²) in [6.07, 6.45) is 2.45. The van der Waals surface area contributed by atoms with E-state index >= 15 is 0 Å². The first-order valence-electron chi connectivity index (χ1n) is 10.1. The Morgan fingerprint density at radius 2 is 1.87 bits per heavy atom. The number of hydrogen-bond donors (Lipinski definition) is 1. The normalized spacial score (nSPS) is 16.0. The Morgan fingerprint density at radius 1 is 1.13 bits per heavy atom. The van der Waals surface area contributed by atoms with Gasteiger partial charge < -0.3 is 14.6 Å². The number of carbonyl (C=O) groups excluding carboxylic acids is 2. The first kappa shape index (κ1) is 20.2. The molecule has 6 heteroatoms. The van der Waals surface area contributed by atoms with Crippen molar-refractivity contribution in [3.8, 4) is 0 Å². The Kier molecular flexibility index (Phi) is 5.64. The molecule has 0 fully saturated rings. The van der Waals surface area contributed by atoms with Crippen LogP contribution in [0.5, 0.6) is 0 Å². The van der Waals surface area contributed by atoms with E-state index in [2.05, 4.69) is 11.9 Å². The van der Waals surface area contributed by atoms with Crippen LogP contribution in [0.4, 0.5) is 0 Å². The van der Waals surface area contributed by atoms with Crippen LogP contribution in [-0.4, -0.2) is 34.9 Å². The molecule has 1 aliphatic rings.